The summed E-state index contributed by atoms with van der Waals surface area (Å²) in [5, 5.41) is 8.80. The molecule has 56 valence electrons. The van der Waals surface area contributed by atoms with Crippen LogP contribution in [0.3, 0.4) is 0 Å². The third kappa shape index (κ3) is 4.79. The first-order valence-electron chi connectivity index (χ1n) is 3.60. The molecule has 0 unspecified atom stereocenters. The van der Waals surface area contributed by atoms with Gasteiger partial charge in [-0.15, -0.1) is 0 Å². The minimum Gasteiger partial charge on any atom is -0.352 e. The Labute approximate surface area is 60.8 Å². The Balaban J connectivity index is 3.18. The normalized spacial score (nSPS) is 10.7. The number of hydrogen-bond donors (Lipinski definition) is 1. The molecule has 1 N–H and O–H groups in total. The Kier molecular flexibility index (Phi) is 6.65. The molecule has 9 heavy (non-hydrogen) atoms. The van der Waals surface area contributed by atoms with Crippen molar-refractivity contribution in [1.82, 2.24) is 0 Å². The van der Waals surface area contributed by atoms with E-state index in [-0.39, 0.29) is 0 Å². The SMILES string of the molecule is CCC[S+](CO)CCC. The van der Waals surface area contributed by atoms with E-state index < -0.39 is 0 Å². The molecule has 0 aromatic heterocycles. The first kappa shape index (κ1) is 9.31. The predicted molar refractivity (Wildman–Crippen MR) is 44.8 cm³/mol. The van der Waals surface area contributed by atoms with Crippen molar-refractivity contribution in [2.75, 3.05) is 17.4 Å². The highest BCUT2D eigenvalue weighted by molar-refractivity contribution is 7.96. The van der Waals surface area contributed by atoms with Gasteiger partial charge in [0.25, 0.3) is 0 Å². The monoisotopic (exact) mass is 149 g/mol. The third-order valence-electron chi connectivity index (χ3n) is 1.17. The predicted octanol–water partition coefficient (Wildman–Crippen LogP) is 1.37. The Morgan fingerprint density at radius 2 is 1.56 bits per heavy atom. The van der Waals surface area contributed by atoms with Gasteiger partial charge in [0.2, 0.25) is 5.94 Å². The van der Waals surface area contributed by atoms with Crippen LogP contribution in [-0.2, 0) is 10.9 Å². The summed E-state index contributed by atoms with van der Waals surface area (Å²) in [5.41, 5.74) is 0. The summed E-state index contributed by atoms with van der Waals surface area (Å²) in [6.07, 6.45) is 2.42. The second-order valence-corrected chi connectivity index (χ2v) is 4.45. The van der Waals surface area contributed by atoms with Crippen molar-refractivity contribution in [2.45, 2.75) is 26.7 Å². The van der Waals surface area contributed by atoms with E-state index in [0.717, 1.165) is 0 Å². The molecule has 0 spiro atoms. The molecule has 0 fully saturated rings. The number of aliphatic hydroxyl groups excluding tert-OH is 1. The third-order valence-corrected chi connectivity index (χ3v) is 3.50. The smallest absolute Gasteiger partial charge is 0.205 e. The molecule has 0 bridgehead atoms. The fraction of sp³-hybridized carbons (Fsp3) is 1.00. The average Bonchev–Trinajstić information content (AvgIpc) is 1.88. The van der Waals surface area contributed by atoms with Gasteiger partial charge in [-0.05, 0) is 12.8 Å². The number of aliphatic hydroxyl groups is 1. The summed E-state index contributed by atoms with van der Waals surface area (Å²) in [5.74, 6) is 2.83. The maximum atomic E-state index is 8.80. The Morgan fingerprint density at radius 1 is 1.11 bits per heavy atom. The first-order chi connectivity index (χ1) is 4.35. The molecule has 0 rings (SSSR count). The summed E-state index contributed by atoms with van der Waals surface area (Å²) < 4.78 is 0. The summed E-state index contributed by atoms with van der Waals surface area (Å²) in [6.45, 7) is 4.34. The Hall–Kier alpha value is 0.310. The van der Waals surface area contributed by atoms with Crippen molar-refractivity contribution in [1.29, 1.82) is 0 Å². The van der Waals surface area contributed by atoms with Gasteiger partial charge in [0.15, 0.2) is 0 Å². The van der Waals surface area contributed by atoms with Gasteiger partial charge in [0.1, 0.15) is 11.5 Å². The lowest BCUT2D eigenvalue weighted by atomic mass is 10.6. The van der Waals surface area contributed by atoms with Gasteiger partial charge in [-0.3, -0.25) is 0 Å². The average molecular weight is 149 g/mol. The fourth-order valence-electron chi connectivity index (χ4n) is 0.809. The highest BCUT2D eigenvalue weighted by atomic mass is 32.2. The van der Waals surface area contributed by atoms with Crippen molar-refractivity contribution >= 4 is 10.9 Å². The first-order valence-corrected chi connectivity index (χ1v) is 5.33. The molecule has 0 radical (unpaired) electrons. The van der Waals surface area contributed by atoms with Gasteiger partial charge < -0.3 is 5.11 Å². The summed E-state index contributed by atoms with van der Waals surface area (Å²) >= 11 is 0. The van der Waals surface area contributed by atoms with Gasteiger partial charge in [-0.25, -0.2) is 0 Å². The fourth-order valence-corrected chi connectivity index (χ4v) is 2.43. The van der Waals surface area contributed by atoms with Crippen LogP contribution in [0.2, 0.25) is 0 Å². The van der Waals surface area contributed by atoms with E-state index in [1.54, 1.807) is 0 Å². The minimum atomic E-state index is 0.324. The van der Waals surface area contributed by atoms with E-state index >= 15 is 0 Å². The van der Waals surface area contributed by atoms with Crippen LogP contribution in [0.1, 0.15) is 26.7 Å². The van der Waals surface area contributed by atoms with Crippen LogP contribution in [0.5, 0.6) is 0 Å². The number of rotatable bonds is 5. The maximum absolute atomic E-state index is 8.80. The standard InChI is InChI=1S/C7H17OS/c1-3-5-9(7-8)6-4-2/h8H,3-7H2,1-2H3/q+1. The quantitative estimate of drug-likeness (QED) is 0.585. The largest absolute Gasteiger partial charge is 0.352 e. The van der Waals surface area contributed by atoms with Gasteiger partial charge in [0, 0.05) is 10.9 Å². The molecular weight excluding hydrogens is 132 g/mol. The topological polar surface area (TPSA) is 20.2 Å². The van der Waals surface area contributed by atoms with E-state index in [4.69, 9.17) is 5.11 Å². The molecule has 0 aliphatic rings. The van der Waals surface area contributed by atoms with Crippen LogP contribution in [0.25, 0.3) is 0 Å². The molecule has 0 amide bonds. The van der Waals surface area contributed by atoms with Crippen molar-refractivity contribution in [3.63, 3.8) is 0 Å². The summed E-state index contributed by atoms with van der Waals surface area (Å²) in [6, 6.07) is 0. The van der Waals surface area contributed by atoms with E-state index in [9.17, 15) is 0 Å². The van der Waals surface area contributed by atoms with E-state index in [1.165, 1.54) is 24.3 Å². The van der Waals surface area contributed by atoms with Crippen molar-refractivity contribution in [2.24, 2.45) is 0 Å². The zero-order valence-electron chi connectivity index (χ0n) is 6.39. The molecule has 0 aliphatic carbocycles. The summed E-state index contributed by atoms with van der Waals surface area (Å²) in [7, 11) is 0.324. The van der Waals surface area contributed by atoms with Gasteiger partial charge >= 0.3 is 0 Å². The van der Waals surface area contributed by atoms with Crippen LogP contribution in [0, 0.1) is 0 Å². The van der Waals surface area contributed by atoms with Crippen LogP contribution < -0.4 is 0 Å². The second-order valence-electron chi connectivity index (χ2n) is 2.15. The maximum Gasteiger partial charge on any atom is 0.205 e. The Morgan fingerprint density at radius 3 is 1.78 bits per heavy atom. The van der Waals surface area contributed by atoms with Crippen LogP contribution in [-0.4, -0.2) is 22.6 Å². The van der Waals surface area contributed by atoms with E-state index in [0.29, 0.717) is 16.8 Å². The molecule has 2 heteroatoms. The molecular formula is C7H17OS+. The van der Waals surface area contributed by atoms with Gasteiger partial charge in [-0.2, -0.15) is 0 Å². The highest BCUT2D eigenvalue weighted by Gasteiger charge is 2.11. The minimum absolute atomic E-state index is 0.324. The lowest BCUT2D eigenvalue weighted by molar-refractivity contribution is 0.372. The zero-order valence-corrected chi connectivity index (χ0v) is 7.21. The molecule has 0 saturated heterocycles. The van der Waals surface area contributed by atoms with Crippen LogP contribution in [0.4, 0.5) is 0 Å². The van der Waals surface area contributed by atoms with Crippen LogP contribution >= 0.6 is 0 Å². The van der Waals surface area contributed by atoms with Crippen molar-refractivity contribution in [3.05, 3.63) is 0 Å². The van der Waals surface area contributed by atoms with Gasteiger partial charge in [-0.1, -0.05) is 13.8 Å². The zero-order chi connectivity index (χ0) is 7.11. The molecule has 0 heterocycles. The van der Waals surface area contributed by atoms with Crippen LogP contribution in [0.15, 0.2) is 0 Å². The van der Waals surface area contributed by atoms with E-state index in [1.807, 2.05) is 0 Å². The lowest BCUT2D eigenvalue weighted by Gasteiger charge is -2.00. The van der Waals surface area contributed by atoms with Crippen molar-refractivity contribution in [3.8, 4) is 0 Å². The number of hydrogen-bond acceptors (Lipinski definition) is 1. The molecule has 0 atom stereocenters. The van der Waals surface area contributed by atoms with E-state index in [2.05, 4.69) is 13.8 Å². The Bertz CT molecular complexity index is 50.9. The highest BCUT2D eigenvalue weighted by Crippen LogP contribution is 1.99. The molecule has 0 aromatic carbocycles. The van der Waals surface area contributed by atoms with Crippen molar-refractivity contribution < 1.29 is 5.11 Å². The molecule has 1 nitrogen and oxygen atoms in total. The van der Waals surface area contributed by atoms with Gasteiger partial charge in [0.05, 0.1) is 0 Å². The lowest BCUT2D eigenvalue weighted by Crippen LogP contribution is -2.14. The summed E-state index contributed by atoms with van der Waals surface area (Å²) in [4.78, 5) is 0. The molecule has 0 aliphatic heterocycles. The second kappa shape index (κ2) is 6.43. The molecule has 0 saturated carbocycles. The molecule has 0 aromatic rings.